The number of benzene rings is 1. The molecule has 3 N–H and O–H groups in total. The smallest absolute Gasteiger partial charge is 0.239 e. The van der Waals surface area contributed by atoms with Crippen molar-refractivity contribution in [1.29, 1.82) is 0 Å². The van der Waals surface area contributed by atoms with Gasteiger partial charge in [0.25, 0.3) is 0 Å². The van der Waals surface area contributed by atoms with E-state index < -0.39 is 6.04 Å². The highest BCUT2D eigenvalue weighted by Crippen LogP contribution is 2.23. The van der Waals surface area contributed by atoms with Crippen molar-refractivity contribution in [2.24, 2.45) is 5.73 Å². The number of primary amides is 1. The first-order valence-corrected chi connectivity index (χ1v) is 7.99. The predicted molar refractivity (Wildman–Crippen MR) is 84.2 cm³/mol. The molecule has 4 nitrogen and oxygen atoms in total. The molecule has 1 atom stereocenters. The number of hydrogen-bond donors (Lipinski definition) is 2. The van der Waals surface area contributed by atoms with E-state index in [4.69, 9.17) is 10.5 Å². The van der Waals surface area contributed by atoms with Crippen LogP contribution >= 0.6 is 0 Å². The molecule has 0 radical (unpaired) electrons. The van der Waals surface area contributed by atoms with Crippen LogP contribution in [0.2, 0.25) is 0 Å². The second kappa shape index (κ2) is 8.03. The third-order valence-corrected chi connectivity index (χ3v) is 4.04. The molecular weight excluding hydrogens is 264 g/mol. The Morgan fingerprint density at radius 3 is 2.67 bits per heavy atom. The lowest BCUT2D eigenvalue weighted by atomic mass is 10.0. The van der Waals surface area contributed by atoms with E-state index in [0.717, 1.165) is 24.2 Å². The van der Waals surface area contributed by atoms with Gasteiger partial charge < -0.3 is 10.5 Å². The first-order valence-electron chi connectivity index (χ1n) is 7.99. The van der Waals surface area contributed by atoms with Crippen LogP contribution in [0.5, 0.6) is 5.75 Å². The van der Waals surface area contributed by atoms with E-state index >= 15 is 0 Å². The Hall–Kier alpha value is -1.55. The molecule has 2 rings (SSSR count). The Morgan fingerprint density at radius 2 is 2.05 bits per heavy atom. The summed E-state index contributed by atoms with van der Waals surface area (Å²) in [5, 5.41) is 3.45. The normalized spacial score (nSPS) is 18.0. The maximum Gasteiger partial charge on any atom is 0.239 e. The van der Waals surface area contributed by atoms with E-state index in [2.05, 4.69) is 5.32 Å². The van der Waals surface area contributed by atoms with Crippen molar-refractivity contribution >= 4 is 5.91 Å². The Balaban J connectivity index is 2.10. The maximum absolute atomic E-state index is 11.8. The molecule has 1 aliphatic carbocycles. The number of nitrogens with one attached hydrogen (secondary N) is 1. The summed E-state index contributed by atoms with van der Waals surface area (Å²) < 4.78 is 5.51. The van der Waals surface area contributed by atoms with Gasteiger partial charge in [-0.1, -0.05) is 37.8 Å². The molecule has 1 amide bonds. The molecule has 0 aromatic heterocycles. The van der Waals surface area contributed by atoms with E-state index in [0.29, 0.717) is 12.6 Å². The lowest BCUT2D eigenvalue weighted by Crippen LogP contribution is -2.39. The number of hydrogen-bond acceptors (Lipinski definition) is 3. The van der Waals surface area contributed by atoms with Crippen LogP contribution in [0.4, 0.5) is 0 Å². The molecule has 0 heterocycles. The van der Waals surface area contributed by atoms with E-state index in [-0.39, 0.29) is 5.91 Å². The van der Waals surface area contributed by atoms with Gasteiger partial charge in [-0.25, -0.2) is 0 Å². The zero-order valence-electron chi connectivity index (χ0n) is 12.8. The second-order valence-electron chi connectivity index (χ2n) is 5.70. The molecule has 0 saturated heterocycles. The zero-order chi connectivity index (χ0) is 15.1. The molecule has 1 aromatic carbocycles. The van der Waals surface area contributed by atoms with Crippen molar-refractivity contribution in [3.8, 4) is 5.75 Å². The lowest BCUT2D eigenvalue weighted by molar-refractivity contribution is -0.120. The van der Waals surface area contributed by atoms with Crippen molar-refractivity contribution in [1.82, 2.24) is 5.32 Å². The first kappa shape index (κ1) is 15.8. The third-order valence-electron chi connectivity index (χ3n) is 4.04. The van der Waals surface area contributed by atoms with Gasteiger partial charge in [0.15, 0.2) is 0 Å². The van der Waals surface area contributed by atoms with E-state index in [9.17, 15) is 4.79 Å². The van der Waals surface area contributed by atoms with Crippen molar-refractivity contribution in [2.45, 2.75) is 57.5 Å². The standard InChI is InChI=1S/C17H26N2O2/c1-2-21-15-11-7-8-13(12-15)16(17(18)20)19-14-9-5-3-4-6-10-14/h7-8,11-12,14,16,19H,2-6,9-10H2,1H3,(H2,18,20). The first-order chi connectivity index (χ1) is 10.2. The predicted octanol–water partition coefficient (Wildman–Crippen LogP) is 2.92. The summed E-state index contributed by atoms with van der Waals surface area (Å²) in [5.74, 6) is 0.455. The number of ether oxygens (including phenoxy) is 1. The third kappa shape index (κ3) is 4.74. The quantitative estimate of drug-likeness (QED) is 0.792. The van der Waals surface area contributed by atoms with E-state index in [1.54, 1.807) is 0 Å². The fourth-order valence-electron chi connectivity index (χ4n) is 2.97. The Kier molecular flexibility index (Phi) is 6.05. The van der Waals surface area contributed by atoms with E-state index in [1.807, 2.05) is 31.2 Å². The monoisotopic (exact) mass is 290 g/mol. The molecule has 1 saturated carbocycles. The summed E-state index contributed by atoms with van der Waals surface area (Å²) in [6.45, 7) is 2.56. The highest BCUT2D eigenvalue weighted by molar-refractivity contribution is 5.81. The van der Waals surface area contributed by atoms with Crippen LogP contribution in [0.25, 0.3) is 0 Å². The molecule has 1 unspecified atom stereocenters. The average Bonchev–Trinajstić information content (AvgIpc) is 2.73. The van der Waals surface area contributed by atoms with Gasteiger partial charge in [0.2, 0.25) is 5.91 Å². The van der Waals surface area contributed by atoms with Gasteiger partial charge in [0.1, 0.15) is 11.8 Å². The van der Waals surface area contributed by atoms with Crippen molar-refractivity contribution < 1.29 is 9.53 Å². The minimum Gasteiger partial charge on any atom is -0.494 e. The molecular formula is C17H26N2O2. The molecule has 1 aliphatic rings. The van der Waals surface area contributed by atoms with Gasteiger partial charge in [-0.15, -0.1) is 0 Å². The highest BCUT2D eigenvalue weighted by atomic mass is 16.5. The SMILES string of the molecule is CCOc1cccc(C(NC2CCCCCC2)C(N)=O)c1. The zero-order valence-corrected chi connectivity index (χ0v) is 12.8. The van der Waals surface area contributed by atoms with Crippen LogP contribution in [-0.4, -0.2) is 18.6 Å². The van der Waals surface area contributed by atoms with Crippen molar-refractivity contribution in [3.05, 3.63) is 29.8 Å². The molecule has 21 heavy (non-hydrogen) atoms. The molecule has 0 spiro atoms. The summed E-state index contributed by atoms with van der Waals surface area (Å²) in [7, 11) is 0. The fourth-order valence-corrected chi connectivity index (χ4v) is 2.97. The molecule has 1 aromatic rings. The number of rotatable bonds is 6. The summed E-state index contributed by atoms with van der Waals surface area (Å²) >= 11 is 0. The number of amides is 1. The van der Waals surface area contributed by atoms with Crippen molar-refractivity contribution in [3.63, 3.8) is 0 Å². The Labute approximate surface area is 127 Å². The molecule has 0 bridgehead atoms. The van der Waals surface area contributed by atoms with Crippen LogP contribution in [0.15, 0.2) is 24.3 Å². The minimum atomic E-state index is -0.437. The van der Waals surface area contributed by atoms with Crippen LogP contribution in [0.3, 0.4) is 0 Å². The second-order valence-corrected chi connectivity index (χ2v) is 5.70. The highest BCUT2D eigenvalue weighted by Gasteiger charge is 2.22. The van der Waals surface area contributed by atoms with Crippen LogP contribution in [0.1, 0.15) is 57.1 Å². The number of nitrogens with two attached hydrogens (primary N) is 1. The average molecular weight is 290 g/mol. The Bertz CT molecular complexity index is 454. The number of carbonyl (C=O) groups excluding carboxylic acids is 1. The van der Waals surface area contributed by atoms with Crippen molar-refractivity contribution in [2.75, 3.05) is 6.61 Å². The molecule has 0 aliphatic heterocycles. The minimum absolute atomic E-state index is 0.326. The van der Waals surface area contributed by atoms with Gasteiger partial charge in [0.05, 0.1) is 6.61 Å². The summed E-state index contributed by atoms with van der Waals surface area (Å²) in [6, 6.07) is 7.58. The fraction of sp³-hybridized carbons (Fsp3) is 0.588. The van der Waals surface area contributed by atoms with Gasteiger partial charge in [-0.05, 0) is 37.5 Å². The lowest BCUT2D eigenvalue weighted by Gasteiger charge is -2.23. The Morgan fingerprint density at radius 1 is 1.33 bits per heavy atom. The summed E-state index contributed by atoms with van der Waals surface area (Å²) in [5.41, 5.74) is 6.49. The maximum atomic E-state index is 11.8. The van der Waals surface area contributed by atoms with Gasteiger partial charge in [-0.3, -0.25) is 10.1 Å². The van der Waals surface area contributed by atoms with Gasteiger partial charge in [0, 0.05) is 6.04 Å². The van der Waals surface area contributed by atoms with Crippen LogP contribution < -0.4 is 15.8 Å². The molecule has 116 valence electrons. The molecule has 1 fully saturated rings. The summed E-state index contributed by atoms with van der Waals surface area (Å²) in [6.07, 6.45) is 7.27. The largest absolute Gasteiger partial charge is 0.494 e. The summed E-state index contributed by atoms with van der Waals surface area (Å²) in [4.78, 5) is 11.8. The topological polar surface area (TPSA) is 64.3 Å². The van der Waals surface area contributed by atoms with E-state index in [1.165, 1.54) is 25.7 Å². The number of carbonyl (C=O) groups is 1. The van der Waals surface area contributed by atoms with Crippen LogP contribution in [0, 0.1) is 0 Å². The molecule has 4 heteroatoms. The van der Waals surface area contributed by atoms with Crippen LogP contribution in [-0.2, 0) is 4.79 Å². The van der Waals surface area contributed by atoms with Gasteiger partial charge in [-0.2, -0.15) is 0 Å². The van der Waals surface area contributed by atoms with Gasteiger partial charge >= 0.3 is 0 Å².